The average Bonchev–Trinajstić information content (AvgIpc) is 3.32. The van der Waals surface area contributed by atoms with E-state index in [4.69, 9.17) is 11.2 Å². The number of fused-ring (bicyclic) bond motifs is 1. The molecule has 0 aliphatic carbocycles. The van der Waals surface area contributed by atoms with E-state index in [-0.39, 0.29) is 12.5 Å². The number of rotatable bonds is 12. The number of nitrogens with one attached hydrogen (secondary N) is 2. The molecule has 0 saturated heterocycles. The number of carbonyl (C=O) groups is 1. The third kappa shape index (κ3) is 7.18. The van der Waals surface area contributed by atoms with Gasteiger partial charge in [0, 0.05) is 42.5 Å². The van der Waals surface area contributed by atoms with Gasteiger partial charge >= 0.3 is 0 Å². The standard InChI is InChI=1S/C27H28FN7O2/c1-3-11-34(4-2)12-6-13-37-23-9-10-24-25(15-23)29-19-30-27(24)33-22-16-31-35(17-22)18-26(36)32-21-8-5-7-20(28)14-21/h2,5,7-10,14-17,19H,3,6,11-13,18H2,1H3,(H,32,36)(H,29,30,33). The molecule has 0 saturated carbocycles. The Hall–Kier alpha value is -4.65. The molecule has 2 aromatic heterocycles. The Kier molecular flexibility index (Phi) is 8.49. The highest BCUT2D eigenvalue weighted by Gasteiger charge is 2.10. The summed E-state index contributed by atoms with van der Waals surface area (Å²) < 4.78 is 20.7. The van der Waals surface area contributed by atoms with Crippen LogP contribution in [0.1, 0.15) is 19.8 Å². The highest BCUT2D eigenvalue weighted by Crippen LogP contribution is 2.26. The first kappa shape index (κ1) is 25.4. The molecule has 0 radical (unpaired) electrons. The molecule has 2 heterocycles. The Labute approximate surface area is 214 Å². The van der Waals surface area contributed by atoms with E-state index in [9.17, 15) is 9.18 Å². The zero-order valence-electron chi connectivity index (χ0n) is 20.5. The van der Waals surface area contributed by atoms with Gasteiger partial charge in [-0.05, 0) is 43.2 Å². The van der Waals surface area contributed by atoms with Gasteiger partial charge in [-0.3, -0.25) is 9.48 Å². The van der Waals surface area contributed by atoms with Gasteiger partial charge in [0.2, 0.25) is 5.91 Å². The molecule has 2 aromatic carbocycles. The van der Waals surface area contributed by atoms with Crippen LogP contribution in [0.5, 0.6) is 5.75 Å². The van der Waals surface area contributed by atoms with Crippen LogP contribution in [-0.2, 0) is 11.3 Å². The van der Waals surface area contributed by atoms with Crippen molar-refractivity contribution in [1.82, 2.24) is 24.6 Å². The fourth-order valence-corrected chi connectivity index (χ4v) is 3.75. The molecule has 0 aliphatic rings. The number of carbonyl (C=O) groups excluding carboxylic acids is 1. The maximum atomic E-state index is 13.3. The molecule has 2 N–H and O–H groups in total. The Morgan fingerprint density at radius 3 is 2.89 bits per heavy atom. The molecule has 0 bridgehead atoms. The van der Waals surface area contributed by atoms with Crippen molar-refractivity contribution in [3.63, 3.8) is 0 Å². The minimum absolute atomic E-state index is 0.0268. The highest BCUT2D eigenvalue weighted by molar-refractivity contribution is 5.92. The monoisotopic (exact) mass is 501 g/mol. The minimum atomic E-state index is -0.419. The minimum Gasteiger partial charge on any atom is -0.493 e. The first-order valence-corrected chi connectivity index (χ1v) is 12.0. The largest absolute Gasteiger partial charge is 0.493 e. The molecule has 0 fully saturated rings. The van der Waals surface area contributed by atoms with Gasteiger partial charge in [0.05, 0.1) is 24.0 Å². The van der Waals surface area contributed by atoms with E-state index in [2.05, 4.69) is 38.7 Å². The fourth-order valence-electron chi connectivity index (χ4n) is 3.75. The second-order valence-corrected chi connectivity index (χ2v) is 8.33. The lowest BCUT2D eigenvalue weighted by atomic mass is 10.2. The van der Waals surface area contributed by atoms with E-state index < -0.39 is 5.82 Å². The third-order valence-corrected chi connectivity index (χ3v) is 5.44. The maximum Gasteiger partial charge on any atom is 0.246 e. The number of halogens is 1. The summed E-state index contributed by atoms with van der Waals surface area (Å²) in [6.07, 6.45) is 12.1. The lowest BCUT2D eigenvalue weighted by molar-refractivity contribution is -0.116. The van der Waals surface area contributed by atoms with E-state index in [1.54, 1.807) is 18.5 Å². The van der Waals surface area contributed by atoms with Gasteiger partial charge < -0.3 is 20.3 Å². The van der Waals surface area contributed by atoms with Crippen molar-refractivity contribution < 1.29 is 13.9 Å². The molecule has 9 nitrogen and oxygen atoms in total. The SMILES string of the molecule is C#CN(CCC)CCCOc1ccc2c(Nc3cnn(CC(=O)Nc4cccc(F)c4)c3)ncnc2c1. The predicted molar refractivity (Wildman–Crippen MR) is 141 cm³/mol. The van der Waals surface area contributed by atoms with Crippen molar-refractivity contribution in [3.8, 4) is 18.2 Å². The molecule has 1 amide bonds. The first-order chi connectivity index (χ1) is 18.0. The number of aromatic nitrogens is 4. The van der Waals surface area contributed by atoms with Crippen molar-refractivity contribution in [1.29, 1.82) is 0 Å². The van der Waals surface area contributed by atoms with Crippen LogP contribution < -0.4 is 15.4 Å². The van der Waals surface area contributed by atoms with Gasteiger partial charge in [-0.15, -0.1) is 0 Å². The van der Waals surface area contributed by atoms with Crippen LogP contribution in [-0.4, -0.2) is 50.3 Å². The van der Waals surface area contributed by atoms with Crippen molar-refractivity contribution in [3.05, 3.63) is 67.0 Å². The zero-order chi connectivity index (χ0) is 26.0. The van der Waals surface area contributed by atoms with E-state index in [1.165, 1.54) is 29.2 Å². The summed E-state index contributed by atoms with van der Waals surface area (Å²) in [7, 11) is 0. The molecule has 0 aliphatic heterocycles. The van der Waals surface area contributed by atoms with Gasteiger partial charge in [0.25, 0.3) is 0 Å². The third-order valence-electron chi connectivity index (χ3n) is 5.44. The quantitative estimate of drug-likeness (QED) is 0.169. The van der Waals surface area contributed by atoms with Gasteiger partial charge in [-0.2, -0.15) is 5.10 Å². The molecular formula is C27H28FN7O2. The van der Waals surface area contributed by atoms with Gasteiger partial charge in [-0.25, -0.2) is 14.4 Å². The van der Waals surface area contributed by atoms with E-state index in [1.807, 2.05) is 23.1 Å². The summed E-state index contributed by atoms with van der Waals surface area (Å²) in [6.45, 7) is 4.29. The average molecular weight is 502 g/mol. The molecule has 0 unspecified atom stereocenters. The lowest BCUT2D eigenvalue weighted by Gasteiger charge is -2.16. The molecule has 4 aromatic rings. The smallest absolute Gasteiger partial charge is 0.246 e. The summed E-state index contributed by atoms with van der Waals surface area (Å²) in [4.78, 5) is 22.9. The van der Waals surface area contributed by atoms with E-state index in [0.717, 1.165) is 42.6 Å². The van der Waals surface area contributed by atoms with E-state index >= 15 is 0 Å². The number of benzene rings is 2. The Bertz CT molecular complexity index is 1400. The number of ether oxygens (including phenoxy) is 1. The van der Waals surface area contributed by atoms with Crippen LogP contribution in [0.2, 0.25) is 0 Å². The highest BCUT2D eigenvalue weighted by atomic mass is 19.1. The zero-order valence-corrected chi connectivity index (χ0v) is 20.5. The van der Waals surface area contributed by atoms with Crippen molar-refractivity contribution in [2.75, 3.05) is 30.3 Å². The number of amides is 1. The molecule has 4 rings (SSSR count). The summed E-state index contributed by atoms with van der Waals surface area (Å²) in [5.74, 6) is 0.581. The number of terminal acetylenes is 1. The topological polar surface area (TPSA) is 97.2 Å². The summed E-state index contributed by atoms with van der Waals surface area (Å²) >= 11 is 0. The number of nitrogens with zero attached hydrogens (tertiary/aromatic N) is 5. The Balaban J connectivity index is 1.34. The maximum absolute atomic E-state index is 13.3. The van der Waals surface area contributed by atoms with Crippen LogP contribution in [0.4, 0.5) is 21.6 Å². The van der Waals surface area contributed by atoms with E-state index in [0.29, 0.717) is 23.8 Å². The number of anilines is 3. The Morgan fingerprint density at radius 2 is 2.08 bits per heavy atom. The van der Waals surface area contributed by atoms with Crippen LogP contribution in [0, 0.1) is 18.3 Å². The summed E-state index contributed by atoms with van der Waals surface area (Å²) in [5.41, 5.74) is 1.77. The summed E-state index contributed by atoms with van der Waals surface area (Å²) in [6, 6.07) is 14.1. The first-order valence-electron chi connectivity index (χ1n) is 12.0. The molecule has 37 heavy (non-hydrogen) atoms. The fraction of sp³-hybridized carbons (Fsp3) is 0.259. The second-order valence-electron chi connectivity index (χ2n) is 8.33. The van der Waals surface area contributed by atoms with Crippen molar-refractivity contribution in [2.24, 2.45) is 0 Å². The number of hydrogen-bond acceptors (Lipinski definition) is 7. The molecule has 0 spiro atoms. The van der Waals surface area contributed by atoms with Crippen molar-refractivity contribution in [2.45, 2.75) is 26.3 Å². The van der Waals surface area contributed by atoms with Crippen LogP contribution in [0.3, 0.4) is 0 Å². The molecule has 10 heteroatoms. The Morgan fingerprint density at radius 1 is 1.19 bits per heavy atom. The van der Waals surface area contributed by atoms with Crippen LogP contribution >= 0.6 is 0 Å². The lowest BCUT2D eigenvalue weighted by Crippen LogP contribution is -2.21. The number of hydrogen-bond donors (Lipinski definition) is 2. The molecule has 0 atom stereocenters. The molecular weight excluding hydrogens is 473 g/mol. The summed E-state index contributed by atoms with van der Waals surface area (Å²) in [5, 5.41) is 10.9. The van der Waals surface area contributed by atoms with Crippen molar-refractivity contribution >= 4 is 34.0 Å². The van der Waals surface area contributed by atoms with Gasteiger partial charge in [0.15, 0.2) is 0 Å². The van der Waals surface area contributed by atoms with Gasteiger partial charge in [-0.1, -0.05) is 19.4 Å². The predicted octanol–water partition coefficient (Wildman–Crippen LogP) is 4.42. The van der Waals surface area contributed by atoms with Gasteiger partial charge in [0.1, 0.15) is 30.3 Å². The molecule has 190 valence electrons. The normalized spacial score (nSPS) is 10.6. The second kappa shape index (κ2) is 12.4. The van der Waals surface area contributed by atoms with Crippen LogP contribution in [0.15, 0.2) is 61.2 Å². The van der Waals surface area contributed by atoms with Crippen LogP contribution in [0.25, 0.3) is 10.9 Å².